The zero-order valence-corrected chi connectivity index (χ0v) is 13.2. The summed E-state index contributed by atoms with van der Waals surface area (Å²) >= 11 is 1.61. The standard InChI is InChI=1S/C15H25NO3S/c1-10(2)14-16(12(9-20-14)15(18)19)13(17)8-7-11-5-3-4-6-11/h10-12,14H,3-9H2,1-2H3,(H,18,19). The number of aliphatic carboxylic acids is 1. The van der Waals surface area contributed by atoms with E-state index in [0.29, 0.717) is 24.0 Å². The number of carboxylic acids is 1. The summed E-state index contributed by atoms with van der Waals surface area (Å²) < 4.78 is 0. The predicted octanol–water partition coefficient (Wildman–Crippen LogP) is 2.97. The van der Waals surface area contributed by atoms with Crippen molar-refractivity contribution in [1.82, 2.24) is 4.90 Å². The zero-order chi connectivity index (χ0) is 14.7. The molecule has 1 N–H and O–H groups in total. The fraction of sp³-hybridized carbons (Fsp3) is 0.867. The monoisotopic (exact) mass is 299 g/mol. The van der Waals surface area contributed by atoms with Crippen molar-refractivity contribution in [3.63, 3.8) is 0 Å². The van der Waals surface area contributed by atoms with E-state index in [0.717, 1.165) is 6.42 Å². The van der Waals surface area contributed by atoms with Gasteiger partial charge in [-0.1, -0.05) is 39.5 Å². The van der Waals surface area contributed by atoms with Crippen LogP contribution in [0.2, 0.25) is 0 Å². The van der Waals surface area contributed by atoms with Crippen LogP contribution in [0.15, 0.2) is 0 Å². The molecule has 1 amide bonds. The lowest BCUT2D eigenvalue weighted by atomic mass is 10.0. The lowest BCUT2D eigenvalue weighted by molar-refractivity contribution is -0.149. The molecule has 2 fully saturated rings. The van der Waals surface area contributed by atoms with Crippen LogP contribution in [0, 0.1) is 11.8 Å². The number of carboxylic acid groups (broad SMARTS) is 1. The lowest BCUT2D eigenvalue weighted by Crippen LogP contribution is -2.47. The number of rotatable bonds is 5. The summed E-state index contributed by atoms with van der Waals surface area (Å²) in [5.41, 5.74) is 0. The molecule has 2 unspecified atom stereocenters. The van der Waals surface area contributed by atoms with Crippen LogP contribution in [0.25, 0.3) is 0 Å². The summed E-state index contributed by atoms with van der Waals surface area (Å²) in [5, 5.41) is 9.33. The van der Waals surface area contributed by atoms with Gasteiger partial charge >= 0.3 is 5.97 Å². The molecule has 5 heteroatoms. The Morgan fingerprint density at radius 2 is 1.95 bits per heavy atom. The first-order chi connectivity index (χ1) is 9.50. The number of thioether (sulfide) groups is 1. The first kappa shape index (κ1) is 15.7. The van der Waals surface area contributed by atoms with E-state index in [2.05, 4.69) is 13.8 Å². The molecule has 1 heterocycles. The normalized spacial score (nSPS) is 27.4. The fourth-order valence-electron chi connectivity index (χ4n) is 3.30. The molecule has 0 aromatic heterocycles. The smallest absolute Gasteiger partial charge is 0.327 e. The predicted molar refractivity (Wildman–Crippen MR) is 80.5 cm³/mol. The first-order valence-corrected chi connectivity index (χ1v) is 8.71. The van der Waals surface area contributed by atoms with E-state index in [4.69, 9.17) is 0 Å². The molecule has 2 atom stereocenters. The third kappa shape index (κ3) is 3.48. The van der Waals surface area contributed by atoms with Gasteiger partial charge in [0, 0.05) is 12.2 Å². The minimum absolute atomic E-state index is 0.0205. The molecule has 0 aromatic carbocycles. The van der Waals surface area contributed by atoms with Gasteiger partial charge in [0.05, 0.1) is 5.37 Å². The maximum atomic E-state index is 12.5. The quantitative estimate of drug-likeness (QED) is 0.848. The number of carbonyl (C=O) groups excluding carboxylic acids is 1. The SMILES string of the molecule is CC(C)C1SCC(C(=O)O)N1C(=O)CCC1CCCC1. The summed E-state index contributed by atoms with van der Waals surface area (Å²) in [5.74, 6) is 0.658. The van der Waals surface area contributed by atoms with Crippen LogP contribution in [0.3, 0.4) is 0 Å². The fourth-order valence-corrected chi connectivity index (χ4v) is 4.80. The van der Waals surface area contributed by atoms with E-state index >= 15 is 0 Å². The van der Waals surface area contributed by atoms with Crippen molar-refractivity contribution in [2.75, 3.05) is 5.75 Å². The largest absolute Gasteiger partial charge is 0.480 e. The number of carbonyl (C=O) groups is 2. The van der Waals surface area contributed by atoms with Crippen LogP contribution in [0.4, 0.5) is 0 Å². The Morgan fingerprint density at radius 3 is 2.50 bits per heavy atom. The van der Waals surface area contributed by atoms with Crippen LogP contribution in [0.1, 0.15) is 52.4 Å². The van der Waals surface area contributed by atoms with Crippen molar-refractivity contribution < 1.29 is 14.7 Å². The summed E-state index contributed by atoms with van der Waals surface area (Å²) in [4.78, 5) is 25.5. The Balaban J connectivity index is 1.96. The van der Waals surface area contributed by atoms with Crippen LogP contribution >= 0.6 is 11.8 Å². The second kappa shape index (κ2) is 6.83. The van der Waals surface area contributed by atoms with E-state index in [-0.39, 0.29) is 11.3 Å². The highest BCUT2D eigenvalue weighted by Crippen LogP contribution is 2.35. The topological polar surface area (TPSA) is 57.6 Å². The molecule has 1 saturated heterocycles. The maximum absolute atomic E-state index is 12.5. The Hall–Kier alpha value is -0.710. The Kier molecular flexibility index (Phi) is 5.35. The number of nitrogens with zero attached hydrogens (tertiary/aromatic N) is 1. The highest BCUT2D eigenvalue weighted by atomic mass is 32.2. The van der Waals surface area contributed by atoms with Gasteiger partial charge in [-0.2, -0.15) is 0 Å². The molecule has 2 aliphatic rings. The van der Waals surface area contributed by atoms with Crippen molar-refractivity contribution in [1.29, 1.82) is 0 Å². The van der Waals surface area contributed by atoms with Crippen molar-refractivity contribution in [2.24, 2.45) is 11.8 Å². The summed E-state index contributed by atoms with van der Waals surface area (Å²) in [6.07, 6.45) is 6.47. The van der Waals surface area contributed by atoms with Crippen LogP contribution < -0.4 is 0 Å². The van der Waals surface area contributed by atoms with Gasteiger partial charge in [0.2, 0.25) is 5.91 Å². The van der Waals surface area contributed by atoms with Crippen molar-refractivity contribution in [2.45, 2.75) is 63.8 Å². The first-order valence-electron chi connectivity index (χ1n) is 7.66. The van der Waals surface area contributed by atoms with E-state index in [1.807, 2.05) is 0 Å². The molecular formula is C15H25NO3S. The molecule has 114 valence electrons. The molecule has 0 aromatic rings. The van der Waals surface area contributed by atoms with Gasteiger partial charge in [-0.05, 0) is 18.3 Å². The molecule has 2 rings (SSSR count). The molecule has 1 saturated carbocycles. The molecule has 1 aliphatic carbocycles. The Bertz CT molecular complexity index is 366. The van der Waals surface area contributed by atoms with Crippen LogP contribution in [-0.4, -0.2) is 39.1 Å². The second-order valence-corrected chi connectivity index (χ2v) is 7.46. The van der Waals surface area contributed by atoms with Crippen molar-refractivity contribution in [3.8, 4) is 0 Å². The number of hydrogen-bond donors (Lipinski definition) is 1. The summed E-state index contributed by atoms with van der Waals surface area (Å²) in [7, 11) is 0. The molecule has 1 aliphatic heterocycles. The van der Waals surface area contributed by atoms with Crippen molar-refractivity contribution in [3.05, 3.63) is 0 Å². The van der Waals surface area contributed by atoms with Gasteiger partial charge < -0.3 is 10.0 Å². The van der Waals surface area contributed by atoms with E-state index in [1.165, 1.54) is 25.7 Å². The average molecular weight is 299 g/mol. The molecule has 0 radical (unpaired) electrons. The third-order valence-corrected chi connectivity index (χ3v) is 6.04. The molecule has 0 bridgehead atoms. The zero-order valence-electron chi connectivity index (χ0n) is 12.4. The van der Waals surface area contributed by atoms with Crippen LogP contribution in [0.5, 0.6) is 0 Å². The van der Waals surface area contributed by atoms with Gasteiger partial charge in [-0.25, -0.2) is 4.79 Å². The van der Waals surface area contributed by atoms with Crippen LogP contribution in [-0.2, 0) is 9.59 Å². The lowest BCUT2D eigenvalue weighted by Gasteiger charge is -2.30. The molecule has 0 spiro atoms. The van der Waals surface area contributed by atoms with Gasteiger partial charge in [-0.15, -0.1) is 11.8 Å². The highest BCUT2D eigenvalue weighted by molar-refractivity contribution is 8.00. The molecule has 20 heavy (non-hydrogen) atoms. The minimum atomic E-state index is -0.866. The second-order valence-electron chi connectivity index (χ2n) is 6.31. The highest BCUT2D eigenvalue weighted by Gasteiger charge is 2.42. The Morgan fingerprint density at radius 1 is 1.30 bits per heavy atom. The van der Waals surface area contributed by atoms with E-state index in [1.54, 1.807) is 16.7 Å². The van der Waals surface area contributed by atoms with E-state index in [9.17, 15) is 14.7 Å². The Labute approximate surface area is 125 Å². The maximum Gasteiger partial charge on any atom is 0.327 e. The molecule has 4 nitrogen and oxygen atoms in total. The van der Waals surface area contributed by atoms with Gasteiger partial charge in [0.25, 0.3) is 0 Å². The average Bonchev–Trinajstić information content (AvgIpc) is 3.04. The van der Waals surface area contributed by atoms with Gasteiger partial charge in [-0.3, -0.25) is 4.79 Å². The van der Waals surface area contributed by atoms with Gasteiger partial charge in [0.15, 0.2) is 0 Å². The minimum Gasteiger partial charge on any atom is -0.480 e. The third-order valence-electron chi connectivity index (χ3n) is 4.42. The summed E-state index contributed by atoms with van der Waals surface area (Å²) in [6, 6.07) is -0.636. The number of hydrogen-bond acceptors (Lipinski definition) is 3. The summed E-state index contributed by atoms with van der Waals surface area (Å²) in [6.45, 7) is 4.11. The number of amides is 1. The molecular weight excluding hydrogens is 274 g/mol. The van der Waals surface area contributed by atoms with Gasteiger partial charge in [0.1, 0.15) is 6.04 Å². The van der Waals surface area contributed by atoms with Crippen molar-refractivity contribution >= 4 is 23.6 Å². The van der Waals surface area contributed by atoms with E-state index < -0.39 is 12.0 Å².